The van der Waals surface area contributed by atoms with Crippen molar-refractivity contribution < 1.29 is 12.8 Å². The van der Waals surface area contributed by atoms with Crippen molar-refractivity contribution in [3.8, 4) is 0 Å². The van der Waals surface area contributed by atoms with Crippen molar-refractivity contribution in [1.29, 1.82) is 0 Å². The summed E-state index contributed by atoms with van der Waals surface area (Å²) >= 11 is 0. The number of nitrogens with zero attached hydrogens (tertiary/aromatic N) is 3. The monoisotopic (exact) mass is 298 g/mol. The summed E-state index contributed by atoms with van der Waals surface area (Å²) in [5, 5.41) is 12.3. The molecule has 0 unspecified atom stereocenters. The zero-order valence-electron chi connectivity index (χ0n) is 11.0. The summed E-state index contributed by atoms with van der Waals surface area (Å²) in [5.74, 6) is 0.0946. The largest absolute Gasteiger partial charge is 0.300 e. The lowest BCUT2D eigenvalue weighted by Crippen LogP contribution is -2.19. The van der Waals surface area contributed by atoms with E-state index in [0.29, 0.717) is 30.8 Å². The van der Waals surface area contributed by atoms with E-state index in [9.17, 15) is 12.8 Å². The molecule has 0 spiro atoms. The molecule has 0 saturated carbocycles. The molecular weight excluding hydrogens is 283 g/mol. The van der Waals surface area contributed by atoms with Gasteiger partial charge >= 0.3 is 0 Å². The third-order valence-corrected chi connectivity index (χ3v) is 3.56. The fourth-order valence-electron chi connectivity index (χ4n) is 1.94. The summed E-state index contributed by atoms with van der Waals surface area (Å²) in [4.78, 5) is 0. The predicted molar refractivity (Wildman–Crippen MR) is 70.9 cm³/mol. The van der Waals surface area contributed by atoms with Crippen molar-refractivity contribution in [3.63, 3.8) is 0 Å². The molecule has 0 radical (unpaired) electrons. The molecule has 20 heavy (non-hydrogen) atoms. The van der Waals surface area contributed by atoms with Gasteiger partial charge in [0.15, 0.2) is 0 Å². The number of nitrogens with two attached hydrogens (primary N) is 1. The minimum absolute atomic E-state index is 0.259. The molecule has 0 saturated heterocycles. The minimum atomic E-state index is -3.92. The standard InChI is InChI=1S/C12H15FN4O2S/c1-2-6-17-11(15-16-12(17)20(14,18)19)8-9-4-3-5-10(13)7-9/h3-5,7H,2,6,8H2,1H3,(H2,14,18,19). The number of benzene rings is 1. The van der Waals surface area contributed by atoms with E-state index in [0.717, 1.165) is 0 Å². The van der Waals surface area contributed by atoms with Gasteiger partial charge in [-0.2, -0.15) is 0 Å². The van der Waals surface area contributed by atoms with E-state index in [1.165, 1.54) is 16.7 Å². The van der Waals surface area contributed by atoms with Gasteiger partial charge in [0.05, 0.1) is 0 Å². The van der Waals surface area contributed by atoms with E-state index in [1.54, 1.807) is 12.1 Å². The second-order valence-corrected chi connectivity index (χ2v) is 5.86. The number of aromatic nitrogens is 3. The van der Waals surface area contributed by atoms with Gasteiger partial charge in [0.25, 0.3) is 15.2 Å². The lowest BCUT2D eigenvalue weighted by atomic mass is 10.1. The van der Waals surface area contributed by atoms with Crippen LogP contribution in [0.3, 0.4) is 0 Å². The normalized spacial score (nSPS) is 11.8. The van der Waals surface area contributed by atoms with Crippen LogP contribution in [-0.2, 0) is 23.0 Å². The van der Waals surface area contributed by atoms with Crippen LogP contribution in [0.1, 0.15) is 24.7 Å². The molecule has 0 aliphatic heterocycles. The van der Waals surface area contributed by atoms with Crippen LogP contribution in [-0.4, -0.2) is 23.2 Å². The van der Waals surface area contributed by atoms with Gasteiger partial charge < -0.3 is 4.57 Å². The predicted octanol–water partition coefficient (Wildman–Crippen LogP) is 1.07. The first-order valence-corrected chi connectivity index (χ1v) is 7.65. The van der Waals surface area contributed by atoms with Crippen LogP contribution in [0.25, 0.3) is 0 Å². The van der Waals surface area contributed by atoms with Crippen LogP contribution >= 0.6 is 0 Å². The number of hydrogen-bond acceptors (Lipinski definition) is 4. The summed E-state index contributed by atoms with van der Waals surface area (Å²) in [6.07, 6.45) is 0.997. The molecule has 8 heteroatoms. The second kappa shape index (κ2) is 5.68. The maximum absolute atomic E-state index is 13.2. The van der Waals surface area contributed by atoms with Gasteiger partial charge in [-0.25, -0.2) is 17.9 Å². The van der Waals surface area contributed by atoms with Gasteiger partial charge in [-0.15, -0.1) is 10.2 Å². The molecule has 1 aromatic carbocycles. The van der Waals surface area contributed by atoms with Gasteiger partial charge in [-0.1, -0.05) is 19.1 Å². The molecule has 0 atom stereocenters. The van der Waals surface area contributed by atoms with Crippen LogP contribution in [0, 0.1) is 5.82 Å². The Kier molecular flexibility index (Phi) is 4.15. The number of hydrogen-bond donors (Lipinski definition) is 1. The first kappa shape index (κ1) is 14.6. The molecule has 1 aromatic heterocycles. The molecule has 108 valence electrons. The van der Waals surface area contributed by atoms with Gasteiger partial charge in [0, 0.05) is 13.0 Å². The Morgan fingerprint density at radius 3 is 2.70 bits per heavy atom. The number of halogens is 1. The highest BCUT2D eigenvalue weighted by Crippen LogP contribution is 2.13. The molecule has 0 bridgehead atoms. The van der Waals surface area contributed by atoms with Gasteiger partial charge in [-0.05, 0) is 24.1 Å². The highest BCUT2D eigenvalue weighted by atomic mass is 32.2. The van der Waals surface area contributed by atoms with E-state index < -0.39 is 10.0 Å². The summed E-state index contributed by atoms with van der Waals surface area (Å²) < 4.78 is 37.5. The van der Waals surface area contributed by atoms with E-state index in [4.69, 9.17) is 5.14 Å². The smallest absolute Gasteiger partial charge is 0.273 e. The highest BCUT2D eigenvalue weighted by Gasteiger charge is 2.20. The molecular formula is C12H15FN4O2S. The highest BCUT2D eigenvalue weighted by molar-refractivity contribution is 7.89. The zero-order chi connectivity index (χ0) is 14.8. The Bertz CT molecular complexity index is 712. The van der Waals surface area contributed by atoms with Gasteiger partial charge in [0.1, 0.15) is 11.6 Å². The summed E-state index contributed by atoms with van der Waals surface area (Å²) in [6, 6.07) is 6.05. The fraction of sp³-hybridized carbons (Fsp3) is 0.333. The lowest BCUT2D eigenvalue weighted by Gasteiger charge is -2.07. The topological polar surface area (TPSA) is 90.9 Å². The average Bonchev–Trinajstić information content (AvgIpc) is 2.73. The fourth-order valence-corrected chi connectivity index (χ4v) is 2.60. The summed E-state index contributed by atoms with van der Waals surface area (Å²) in [5.41, 5.74) is 0.690. The average molecular weight is 298 g/mol. The van der Waals surface area contributed by atoms with Crippen molar-refractivity contribution in [3.05, 3.63) is 41.5 Å². The Balaban J connectivity index is 2.39. The molecule has 1 heterocycles. The van der Waals surface area contributed by atoms with Gasteiger partial charge in [0.2, 0.25) is 0 Å². The first-order chi connectivity index (χ1) is 9.41. The third kappa shape index (κ3) is 3.20. The van der Waals surface area contributed by atoms with Crippen LogP contribution in [0.2, 0.25) is 0 Å². The van der Waals surface area contributed by atoms with Crippen molar-refractivity contribution in [1.82, 2.24) is 14.8 Å². The lowest BCUT2D eigenvalue weighted by molar-refractivity contribution is 0.549. The Labute approximate surface area is 116 Å². The van der Waals surface area contributed by atoms with E-state index in [-0.39, 0.29) is 11.0 Å². The maximum Gasteiger partial charge on any atom is 0.273 e. The quantitative estimate of drug-likeness (QED) is 0.893. The van der Waals surface area contributed by atoms with Crippen molar-refractivity contribution in [2.45, 2.75) is 31.5 Å². The van der Waals surface area contributed by atoms with Gasteiger partial charge in [-0.3, -0.25) is 0 Å². The molecule has 2 aromatic rings. The SMILES string of the molecule is CCCn1c(Cc2cccc(F)c2)nnc1S(N)(=O)=O. The molecule has 0 amide bonds. The number of rotatable bonds is 5. The molecule has 2 rings (SSSR count). The second-order valence-electron chi connectivity index (χ2n) is 4.40. The van der Waals surface area contributed by atoms with Crippen LogP contribution < -0.4 is 5.14 Å². The first-order valence-electron chi connectivity index (χ1n) is 6.11. The Morgan fingerprint density at radius 1 is 1.35 bits per heavy atom. The maximum atomic E-state index is 13.2. The van der Waals surface area contributed by atoms with Crippen molar-refractivity contribution in [2.24, 2.45) is 5.14 Å². The van der Waals surface area contributed by atoms with Crippen LogP contribution in [0.15, 0.2) is 29.4 Å². The number of primary sulfonamides is 1. The number of sulfonamides is 1. The molecule has 6 nitrogen and oxygen atoms in total. The molecule has 0 aliphatic rings. The molecule has 0 fully saturated rings. The molecule has 2 N–H and O–H groups in total. The van der Waals surface area contributed by atoms with E-state index in [2.05, 4.69) is 10.2 Å². The minimum Gasteiger partial charge on any atom is -0.300 e. The van der Waals surface area contributed by atoms with Crippen molar-refractivity contribution in [2.75, 3.05) is 0 Å². The third-order valence-electron chi connectivity index (χ3n) is 2.75. The van der Waals surface area contributed by atoms with Crippen LogP contribution in [0.5, 0.6) is 0 Å². The van der Waals surface area contributed by atoms with E-state index in [1.807, 2.05) is 6.92 Å². The zero-order valence-corrected chi connectivity index (χ0v) is 11.8. The van der Waals surface area contributed by atoms with E-state index >= 15 is 0 Å². The Hall–Kier alpha value is -1.80. The summed E-state index contributed by atoms with van der Waals surface area (Å²) in [6.45, 7) is 2.34. The van der Waals surface area contributed by atoms with Crippen molar-refractivity contribution >= 4 is 10.0 Å². The van der Waals surface area contributed by atoms with Crippen LogP contribution in [0.4, 0.5) is 4.39 Å². The molecule has 0 aliphatic carbocycles. The Morgan fingerprint density at radius 2 is 2.10 bits per heavy atom. The summed E-state index contributed by atoms with van der Waals surface area (Å²) in [7, 11) is -3.92.